The molecule has 1 aromatic heterocycles. The number of carboxylic acids is 1. The lowest BCUT2D eigenvalue weighted by Gasteiger charge is -2.37. The molecule has 372 valence electrons. The number of urea groups is 1. The van der Waals surface area contributed by atoms with Crippen LogP contribution in [-0.2, 0) is 20.5 Å². The number of likely N-dealkylation sites (tertiary alicyclic amines) is 1. The molecule has 0 saturated carbocycles. The first-order valence-electron chi connectivity index (χ1n) is 23.5. The summed E-state index contributed by atoms with van der Waals surface area (Å²) in [5.41, 5.74) is 1.77. The highest BCUT2D eigenvalue weighted by Crippen LogP contribution is 2.40. The number of aromatic nitrogens is 2. The van der Waals surface area contributed by atoms with Crippen molar-refractivity contribution in [2.75, 3.05) is 82.9 Å². The van der Waals surface area contributed by atoms with Gasteiger partial charge in [-0.3, -0.25) is 29.5 Å². The predicted molar refractivity (Wildman–Crippen MR) is 256 cm³/mol. The maximum absolute atomic E-state index is 13.8. The smallest absolute Gasteiger partial charge is 0.416 e. The SMILES string of the molecule is COc1cc2nc(C)nc(NC(C)c3cc(C(=O)O)cc(C(F)(F)F)c3)c2cc1C1=CCC(C(=O)N2CCN(CCOCC3CCN(C(=O)c4ccc(Cl)c(N5CCC(=O)NC5=O)c4)CC3)CC2)CC1. The van der Waals surface area contributed by atoms with Gasteiger partial charge in [0, 0.05) is 93.9 Å². The number of fused-ring (bicyclic) bond motifs is 1. The number of aromatic carboxylic acids is 1. The number of hydrogen-bond acceptors (Lipinski definition) is 11. The molecule has 3 aliphatic heterocycles. The molecule has 8 rings (SSSR count). The number of nitrogens with zero attached hydrogens (tertiary/aromatic N) is 6. The number of carbonyl (C=O) groups excluding carboxylic acids is 4. The molecule has 3 aromatic carbocycles. The molecule has 4 heterocycles. The van der Waals surface area contributed by atoms with Crippen LogP contribution in [0, 0.1) is 18.8 Å². The van der Waals surface area contributed by atoms with Crippen LogP contribution in [0.3, 0.4) is 0 Å². The van der Waals surface area contributed by atoms with E-state index in [0.29, 0.717) is 115 Å². The van der Waals surface area contributed by atoms with E-state index in [-0.39, 0.29) is 42.2 Å². The van der Waals surface area contributed by atoms with Gasteiger partial charge in [-0.1, -0.05) is 17.7 Å². The van der Waals surface area contributed by atoms with Gasteiger partial charge in [0.15, 0.2) is 0 Å². The third kappa shape index (κ3) is 11.5. The maximum Gasteiger partial charge on any atom is 0.416 e. The van der Waals surface area contributed by atoms with Gasteiger partial charge in [0.2, 0.25) is 11.8 Å². The summed E-state index contributed by atoms with van der Waals surface area (Å²) in [5, 5.41) is 16.0. The maximum atomic E-state index is 13.8. The van der Waals surface area contributed by atoms with Crippen LogP contribution in [-0.4, -0.2) is 132 Å². The molecular weight excluding hydrogens is 933 g/mol. The Labute approximate surface area is 408 Å². The number of aryl methyl sites for hydroxylation is 1. The van der Waals surface area contributed by atoms with Crippen LogP contribution < -0.4 is 20.3 Å². The molecule has 5 amide bonds. The first-order chi connectivity index (χ1) is 33.4. The summed E-state index contributed by atoms with van der Waals surface area (Å²) < 4.78 is 53.1. The second-order valence-electron chi connectivity index (χ2n) is 18.3. The molecule has 20 heteroatoms. The van der Waals surface area contributed by atoms with Crippen molar-refractivity contribution in [1.29, 1.82) is 0 Å². The number of carbonyl (C=O) groups is 5. The number of benzene rings is 3. The summed E-state index contributed by atoms with van der Waals surface area (Å²) in [6.07, 6.45) is 0.909. The predicted octanol–water partition coefficient (Wildman–Crippen LogP) is 7.83. The van der Waals surface area contributed by atoms with Gasteiger partial charge in [-0.2, -0.15) is 13.2 Å². The van der Waals surface area contributed by atoms with Gasteiger partial charge in [0.25, 0.3) is 5.91 Å². The number of methoxy groups -OCH3 is 1. The highest BCUT2D eigenvalue weighted by atomic mass is 35.5. The molecule has 0 radical (unpaired) electrons. The Kier molecular flexibility index (Phi) is 15.3. The van der Waals surface area contributed by atoms with E-state index in [9.17, 15) is 42.3 Å². The van der Waals surface area contributed by atoms with Crippen LogP contribution in [0.25, 0.3) is 16.5 Å². The Morgan fingerprint density at radius 1 is 0.929 bits per heavy atom. The van der Waals surface area contributed by atoms with Crippen molar-refractivity contribution >= 4 is 69.3 Å². The van der Waals surface area contributed by atoms with Crippen LogP contribution in [0.2, 0.25) is 5.02 Å². The fourth-order valence-electron chi connectivity index (χ4n) is 9.61. The lowest BCUT2D eigenvalue weighted by atomic mass is 9.85. The summed E-state index contributed by atoms with van der Waals surface area (Å²) in [5.74, 6) is -0.294. The van der Waals surface area contributed by atoms with Gasteiger partial charge >= 0.3 is 18.2 Å². The zero-order valence-corrected chi connectivity index (χ0v) is 40.0. The molecule has 4 aliphatic rings. The molecular formula is C50H56ClF3N8O8. The lowest BCUT2D eigenvalue weighted by molar-refractivity contribution is -0.138. The number of carboxylic acid groups (broad SMARTS) is 1. The number of piperidine rings is 1. The lowest BCUT2D eigenvalue weighted by Crippen LogP contribution is -2.51. The van der Waals surface area contributed by atoms with Crippen molar-refractivity contribution in [3.05, 3.63) is 93.3 Å². The number of alkyl halides is 3. The second kappa shape index (κ2) is 21.4. The Hall–Kier alpha value is -6.31. The minimum Gasteiger partial charge on any atom is -0.496 e. The van der Waals surface area contributed by atoms with E-state index in [1.165, 1.54) is 11.0 Å². The number of hydrogen-bond donors (Lipinski definition) is 3. The highest BCUT2D eigenvalue weighted by molar-refractivity contribution is 6.34. The number of rotatable bonds is 14. The highest BCUT2D eigenvalue weighted by Gasteiger charge is 2.34. The Balaban J connectivity index is 0.796. The van der Waals surface area contributed by atoms with Crippen LogP contribution in [0.4, 0.5) is 29.5 Å². The summed E-state index contributed by atoms with van der Waals surface area (Å²) in [6.45, 7) is 9.36. The topological polar surface area (TPSA) is 187 Å². The van der Waals surface area contributed by atoms with Crippen molar-refractivity contribution in [1.82, 2.24) is 30.0 Å². The number of imide groups is 1. The van der Waals surface area contributed by atoms with Gasteiger partial charge in [0.05, 0.1) is 47.1 Å². The minimum absolute atomic E-state index is 0.130. The molecule has 3 saturated heterocycles. The number of piperazine rings is 1. The van der Waals surface area contributed by atoms with Gasteiger partial charge in [0.1, 0.15) is 17.4 Å². The fraction of sp³-hybridized carbons (Fsp3) is 0.460. The van der Waals surface area contributed by atoms with Gasteiger partial charge < -0.3 is 29.7 Å². The van der Waals surface area contributed by atoms with Crippen LogP contribution >= 0.6 is 11.6 Å². The minimum atomic E-state index is -4.74. The Bertz CT molecular complexity index is 2700. The van der Waals surface area contributed by atoms with Crippen molar-refractivity contribution in [3.63, 3.8) is 0 Å². The average Bonchev–Trinajstić information content (AvgIpc) is 3.34. The van der Waals surface area contributed by atoms with Crippen LogP contribution in [0.5, 0.6) is 5.75 Å². The number of amides is 5. The molecule has 2 atom stereocenters. The summed E-state index contributed by atoms with van der Waals surface area (Å²) in [6, 6.07) is 10.0. The van der Waals surface area contributed by atoms with Crippen molar-refractivity contribution in [2.45, 2.75) is 64.6 Å². The molecule has 3 fully saturated rings. The summed E-state index contributed by atoms with van der Waals surface area (Å²) in [4.78, 5) is 79.6. The van der Waals surface area contributed by atoms with Gasteiger partial charge in [-0.15, -0.1) is 0 Å². The number of anilines is 2. The zero-order valence-electron chi connectivity index (χ0n) is 39.2. The van der Waals surface area contributed by atoms with E-state index in [0.717, 1.165) is 49.7 Å². The number of nitrogens with one attached hydrogen (secondary N) is 2. The first-order valence-corrected chi connectivity index (χ1v) is 23.9. The number of halogens is 4. The van der Waals surface area contributed by atoms with E-state index in [1.54, 1.807) is 45.2 Å². The van der Waals surface area contributed by atoms with E-state index in [1.807, 2.05) is 15.9 Å². The molecule has 70 heavy (non-hydrogen) atoms. The standard InChI is InChI=1S/C50H56ClF3N8O8/c1-29(35-22-36(48(66)67)24-37(23-35)50(52,53)54)55-45-39-26-38(43(69-3)27-41(39)56-30(2)57-45)32-4-6-33(7-5-32)46(64)61-18-16-59(17-19-61)20-21-70-28-31-10-13-60(14-11-31)47(65)34-8-9-40(51)42(25-34)62-15-12-44(63)58-49(62)68/h4,8-9,22-27,29,31,33H,5-7,10-21,28H2,1-3H3,(H,66,67)(H,55,56,57)(H,58,63,68). The Morgan fingerprint density at radius 3 is 2.36 bits per heavy atom. The number of allylic oxidation sites excluding steroid dienone is 2. The van der Waals surface area contributed by atoms with Crippen molar-refractivity contribution in [2.24, 2.45) is 11.8 Å². The van der Waals surface area contributed by atoms with Crippen molar-refractivity contribution < 1.29 is 51.7 Å². The third-order valence-corrected chi connectivity index (χ3v) is 14.0. The Morgan fingerprint density at radius 2 is 1.69 bits per heavy atom. The monoisotopic (exact) mass is 988 g/mol. The summed E-state index contributed by atoms with van der Waals surface area (Å²) >= 11 is 6.38. The normalized spacial score (nSPS) is 18.9. The molecule has 0 spiro atoms. The summed E-state index contributed by atoms with van der Waals surface area (Å²) in [7, 11) is 1.57. The quantitative estimate of drug-likeness (QED) is 0.104. The van der Waals surface area contributed by atoms with Gasteiger partial charge in [-0.05, 0) is 105 Å². The molecule has 2 unspecified atom stereocenters. The molecule has 4 aromatic rings. The fourth-order valence-corrected chi connectivity index (χ4v) is 9.83. The molecule has 1 aliphatic carbocycles. The second-order valence-corrected chi connectivity index (χ2v) is 18.7. The largest absolute Gasteiger partial charge is 0.496 e. The van der Waals surface area contributed by atoms with E-state index < -0.39 is 35.3 Å². The molecule has 16 nitrogen and oxygen atoms in total. The van der Waals surface area contributed by atoms with E-state index >= 15 is 0 Å². The molecule has 3 N–H and O–H groups in total. The van der Waals surface area contributed by atoms with E-state index in [4.69, 9.17) is 21.1 Å². The van der Waals surface area contributed by atoms with Crippen LogP contribution in [0.15, 0.2) is 54.6 Å². The molecule has 0 bridgehead atoms. The third-order valence-electron chi connectivity index (χ3n) is 13.6. The van der Waals surface area contributed by atoms with Crippen LogP contribution in [0.1, 0.15) is 94.7 Å². The van der Waals surface area contributed by atoms with Crippen molar-refractivity contribution in [3.8, 4) is 5.75 Å². The van der Waals surface area contributed by atoms with Gasteiger partial charge in [-0.25, -0.2) is 19.6 Å². The number of ether oxygens (including phenoxy) is 2. The zero-order chi connectivity index (χ0) is 49.9. The first kappa shape index (κ1) is 50.1. The average molecular weight is 989 g/mol. The van der Waals surface area contributed by atoms with E-state index in [2.05, 4.69) is 31.6 Å².